The number of nitrogens with zero attached hydrogens (tertiary/aromatic N) is 2. The first kappa shape index (κ1) is 14.9. The number of nitrogens with one attached hydrogen (secondary N) is 1. The molecule has 1 aromatic carbocycles. The van der Waals surface area contributed by atoms with Crippen LogP contribution in [0.5, 0.6) is 0 Å². The van der Waals surface area contributed by atoms with Crippen molar-refractivity contribution in [1.29, 1.82) is 0 Å². The van der Waals surface area contributed by atoms with Gasteiger partial charge in [0.25, 0.3) is 0 Å². The molecule has 0 bridgehead atoms. The molecular formula is C13H13BrF3N3. The Morgan fingerprint density at radius 1 is 1.30 bits per heavy atom. The fourth-order valence-electron chi connectivity index (χ4n) is 1.85. The van der Waals surface area contributed by atoms with Crippen LogP contribution < -0.4 is 5.32 Å². The molecule has 20 heavy (non-hydrogen) atoms. The number of halogens is 4. The Balaban J connectivity index is 2.55. The number of hydrogen-bond acceptors (Lipinski definition) is 2. The summed E-state index contributed by atoms with van der Waals surface area (Å²) >= 11 is 3.12. The Morgan fingerprint density at radius 2 is 2.00 bits per heavy atom. The monoisotopic (exact) mass is 347 g/mol. The maximum atomic E-state index is 12.9. The highest BCUT2D eigenvalue weighted by molar-refractivity contribution is 9.10. The maximum Gasteiger partial charge on any atom is 0.416 e. The van der Waals surface area contributed by atoms with Crippen LogP contribution in [0.3, 0.4) is 0 Å². The molecule has 0 amide bonds. The maximum absolute atomic E-state index is 12.9. The van der Waals surface area contributed by atoms with E-state index in [0.29, 0.717) is 22.7 Å². The molecule has 2 rings (SSSR count). The zero-order chi connectivity index (χ0) is 14.9. The van der Waals surface area contributed by atoms with E-state index in [-0.39, 0.29) is 0 Å². The summed E-state index contributed by atoms with van der Waals surface area (Å²) in [5, 5.41) is 3.03. The van der Waals surface area contributed by atoms with Gasteiger partial charge >= 0.3 is 6.18 Å². The Kier molecular flexibility index (Phi) is 4.08. The van der Waals surface area contributed by atoms with Crippen LogP contribution in [0.1, 0.15) is 18.2 Å². The number of aromatic nitrogens is 2. The van der Waals surface area contributed by atoms with Gasteiger partial charge in [-0.25, -0.2) is 4.98 Å². The van der Waals surface area contributed by atoms with E-state index in [1.165, 1.54) is 0 Å². The van der Waals surface area contributed by atoms with Crippen LogP contribution in [0.25, 0.3) is 5.69 Å². The zero-order valence-electron chi connectivity index (χ0n) is 10.9. The molecule has 0 atom stereocenters. The molecule has 0 unspecified atom stereocenters. The smallest absolute Gasteiger partial charge is 0.356 e. The SMILES string of the molecule is CCNc1nc(C)cn1-c1cc(Br)cc(C(F)(F)F)c1. The second kappa shape index (κ2) is 5.47. The van der Waals surface area contributed by atoms with Crippen molar-refractivity contribution in [3.8, 4) is 5.69 Å². The van der Waals surface area contributed by atoms with Crippen molar-refractivity contribution >= 4 is 21.9 Å². The summed E-state index contributed by atoms with van der Waals surface area (Å²) in [6, 6.07) is 3.78. The summed E-state index contributed by atoms with van der Waals surface area (Å²) in [7, 11) is 0. The largest absolute Gasteiger partial charge is 0.416 e. The number of anilines is 1. The van der Waals surface area contributed by atoms with Crippen molar-refractivity contribution in [3.63, 3.8) is 0 Å². The predicted molar refractivity (Wildman–Crippen MR) is 75.2 cm³/mol. The normalized spacial score (nSPS) is 11.7. The average Bonchev–Trinajstić information content (AvgIpc) is 2.69. The molecule has 0 radical (unpaired) electrons. The first-order valence-corrected chi connectivity index (χ1v) is 6.78. The van der Waals surface area contributed by atoms with Crippen molar-refractivity contribution in [2.45, 2.75) is 20.0 Å². The fourth-order valence-corrected chi connectivity index (χ4v) is 2.34. The van der Waals surface area contributed by atoms with Gasteiger partial charge in [0.1, 0.15) is 0 Å². The lowest BCUT2D eigenvalue weighted by atomic mass is 10.2. The second-order valence-electron chi connectivity index (χ2n) is 4.30. The molecule has 0 aliphatic rings. The highest BCUT2D eigenvalue weighted by Gasteiger charge is 2.31. The first-order chi connectivity index (χ1) is 9.31. The summed E-state index contributed by atoms with van der Waals surface area (Å²) < 4.78 is 40.5. The van der Waals surface area contributed by atoms with Crippen molar-refractivity contribution in [2.24, 2.45) is 0 Å². The third kappa shape index (κ3) is 3.15. The summed E-state index contributed by atoms with van der Waals surface area (Å²) in [5.41, 5.74) is 0.438. The lowest BCUT2D eigenvalue weighted by molar-refractivity contribution is -0.137. The summed E-state index contributed by atoms with van der Waals surface area (Å²) in [6.07, 6.45) is -2.69. The van der Waals surface area contributed by atoms with Gasteiger partial charge in [0.05, 0.1) is 16.9 Å². The van der Waals surface area contributed by atoms with Gasteiger partial charge in [0, 0.05) is 17.2 Å². The minimum absolute atomic E-state index is 0.371. The third-order valence-corrected chi connectivity index (χ3v) is 3.11. The van der Waals surface area contributed by atoms with Crippen LogP contribution in [-0.2, 0) is 6.18 Å². The second-order valence-corrected chi connectivity index (χ2v) is 5.22. The topological polar surface area (TPSA) is 29.9 Å². The van der Waals surface area contributed by atoms with E-state index < -0.39 is 11.7 Å². The fraction of sp³-hybridized carbons (Fsp3) is 0.308. The van der Waals surface area contributed by atoms with Crippen LogP contribution in [0.15, 0.2) is 28.9 Å². The Labute approximate surface area is 123 Å². The molecule has 0 saturated carbocycles. The van der Waals surface area contributed by atoms with Gasteiger partial charge in [-0.2, -0.15) is 13.2 Å². The predicted octanol–water partition coefficient (Wildman–Crippen LogP) is 4.39. The molecule has 0 aliphatic heterocycles. The minimum Gasteiger partial charge on any atom is -0.356 e. The Bertz CT molecular complexity index is 620. The number of alkyl halides is 3. The lowest BCUT2D eigenvalue weighted by Crippen LogP contribution is -2.08. The van der Waals surface area contributed by atoms with Gasteiger partial charge in [0.15, 0.2) is 0 Å². The van der Waals surface area contributed by atoms with E-state index in [1.807, 2.05) is 6.92 Å². The number of rotatable bonds is 3. The van der Waals surface area contributed by atoms with Gasteiger partial charge < -0.3 is 5.32 Å². The van der Waals surface area contributed by atoms with E-state index in [9.17, 15) is 13.2 Å². The zero-order valence-corrected chi connectivity index (χ0v) is 12.5. The summed E-state index contributed by atoms with van der Waals surface area (Å²) in [5.74, 6) is 0.524. The van der Waals surface area contributed by atoms with E-state index in [0.717, 1.165) is 17.8 Å². The molecule has 2 aromatic rings. The van der Waals surface area contributed by atoms with Crippen molar-refractivity contribution in [3.05, 3.63) is 40.1 Å². The number of aryl methyl sites for hydroxylation is 1. The summed E-state index contributed by atoms with van der Waals surface area (Å²) in [6.45, 7) is 4.33. The Hall–Kier alpha value is -1.50. The van der Waals surface area contributed by atoms with Crippen LogP contribution in [0.4, 0.5) is 19.1 Å². The molecular weight excluding hydrogens is 335 g/mol. The van der Waals surface area contributed by atoms with Crippen LogP contribution in [0.2, 0.25) is 0 Å². The van der Waals surface area contributed by atoms with Gasteiger partial charge in [0.2, 0.25) is 5.95 Å². The number of benzene rings is 1. The number of hydrogen-bond donors (Lipinski definition) is 1. The molecule has 3 nitrogen and oxygen atoms in total. The highest BCUT2D eigenvalue weighted by Crippen LogP contribution is 2.33. The van der Waals surface area contributed by atoms with E-state index in [1.54, 1.807) is 23.8 Å². The van der Waals surface area contributed by atoms with Gasteiger partial charge in [-0.05, 0) is 32.0 Å². The van der Waals surface area contributed by atoms with E-state index >= 15 is 0 Å². The van der Waals surface area contributed by atoms with Crippen LogP contribution in [0, 0.1) is 6.92 Å². The van der Waals surface area contributed by atoms with E-state index in [2.05, 4.69) is 26.2 Å². The third-order valence-electron chi connectivity index (χ3n) is 2.65. The molecule has 0 aliphatic carbocycles. The standard InChI is InChI=1S/C13H13BrF3N3/c1-3-18-12-19-8(2)7-20(12)11-5-9(13(15,16)17)4-10(14)6-11/h4-7H,3H2,1-2H3,(H,18,19). The number of imidazole rings is 1. The van der Waals surface area contributed by atoms with Crippen LogP contribution >= 0.6 is 15.9 Å². The molecule has 1 N–H and O–H groups in total. The molecule has 7 heteroatoms. The van der Waals surface area contributed by atoms with Gasteiger partial charge in [-0.3, -0.25) is 4.57 Å². The molecule has 0 saturated heterocycles. The lowest BCUT2D eigenvalue weighted by Gasteiger charge is -2.12. The van der Waals surface area contributed by atoms with Crippen LogP contribution in [-0.4, -0.2) is 16.1 Å². The van der Waals surface area contributed by atoms with Crippen molar-refractivity contribution in [2.75, 3.05) is 11.9 Å². The molecule has 1 aromatic heterocycles. The molecule has 1 heterocycles. The molecule has 0 spiro atoms. The van der Waals surface area contributed by atoms with E-state index in [4.69, 9.17) is 0 Å². The quantitative estimate of drug-likeness (QED) is 0.891. The highest BCUT2D eigenvalue weighted by atomic mass is 79.9. The average molecular weight is 348 g/mol. The minimum atomic E-state index is -4.38. The molecule has 108 valence electrons. The summed E-state index contributed by atoms with van der Waals surface area (Å²) in [4.78, 5) is 4.25. The van der Waals surface area contributed by atoms with Crippen molar-refractivity contribution in [1.82, 2.24) is 9.55 Å². The molecule has 0 fully saturated rings. The first-order valence-electron chi connectivity index (χ1n) is 5.99. The van der Waals surface area contributed by atoms with Crippen molar-refractivity contribution < 1.29 is 13.2 Å². The van der Waals surface area contributed by atoms with Gasteiger partial charge in [-0.15, -0.1) is 0 Å². The Morgan fingerprint density at radius 3 is 2.60 bits per heavy atom. The van der Waals surface area contributed by atoms with Gasteiger partial charge in [-0.1, -0.05) is 15.9 Å².